The maximum atomic E-state index is 12.2. The Morgan fingerprint density at radius 1 is 1.35 bits per heavy atom. The van der Waals surface area contributed by atoms with Gasteiger partial charge in [-0.3, -0.25) is 9.59 Å². The fourth-order valence-electron chi connectivity index (χ4n) is 4.99. The summed E-state index contributed by atoms with van der Waals surface area (Å²) in [7, 11) is 1.70. The molecule has 0 fully saturated rings. The van der Waals surface area contributed by atoms with Crippen molar-refractivity contribution in [2.24, 2.45) is 11.7 Å². The second kappa shape index (κ2) is 8.93. The topological polar surface area (TPSA) is 99.4 Å². The molecule has 0 spiro atoms. The van der Waals surface area contributed by atoms with Gasteiger partial charge in [-0.1, -0.05) is 30.3 Å². The third-order valence-electron chi connectivity index (χ3n) is 6.89. The number of nitrogens with two attached hydrogens (primary N) is 1. The second-order valence-corrected chi connectivity index (χ2v) is 10.0. The van der Waals surface area contributed by atoms with Crippen LogP contribution in [-0.4, -0.2) is 34.6 Å². The van der Waals surface area contributed by atoms with Gasteiger partial charge in [0, 0.05) is 34.4 Å². The zero-order chi connectivity index (χ0) is 24.8. The molecule has 0 bridgehead atoms. The summed E-state index contributed by atoms with van der Waals surface area (Å²) in [5, 5.41) is 12.1. The Morgan fingerprint density at radius 3 is 2.74 bits per heavy atom. The number of hydrogen-bond donors (Lipinski definition) is 3. The van der Waals surface area contributed by atoms with Crippen LogP contribution in [-0.2, 0) is 28.9 Å². The zero-order valence-corrected chi connectivity index (χ0v) is 20.5. The number of aryl methyl sites for hydroxylation is 1. The molecule has 1 aliphatic rings. The zero-order valence-electron chi connectivity index (χ0n) is 19.7. The molecule has 1 aliphatic carbocycles. The Hall–Kier alpha value is -3.09. The predicted octanol–water partition coefficient (Wildman–Crippen LogP) is 4.54. The van der Waals surface area contributed by atoms with E-state index in [0.29, 0.717) is 11.4 Å². The fourth-order valence-corrected chi connectivity index (χ4v) is 5.32. The van der Waals surface area contributed by atoms with E-state index in [9.17, 15) is 14.7 Å². The van der Waals surface area contributed by atoms with Crippen LogP contribution in [0, 0.1) is 5.92 Å². The molecule has 4 rings (SSSR count). The normalized spacial score (nSPS) is 15.7. The molecule has 0 saturated heterocycles. The summed E-state index contributed by atoms with van der Waals surface area (Å²) in [4.78, 5) is 29.0. The highest BCUT2D eigenvalue weighted by molar-refractivity contribution is 6.35. The fraction of sp³-hybridized carbons (Fsp3) is 0.333. The number of nitrogens with one attached hydrogen (secondary N) is 1. The van der Waals surface area contributed by atoms with E-state index in [-0.39, 0.29) is 18.2 Å². The van der Waals surface area contributed by atoms with Crippen LogP contribution in [0.5, 0.6) is 0 Å². The Bertz CT molecular complexity index is 1300. The summed E-state index contributed by atoms with van der Waals surface area (Å²) in [6, 6.07) is 9.44. The first-order valence-electron chi connectivity index (χ1n) is 11.4. The number of aliphatic hydroxyl groups is 1. The summed E-state index contributed by atoms with van der Waals surface area (Å²) in [5.74, 6) is -0.519. The number of aromatic amines is 1. The lowest BCUT2D eigenvalue weighted by atomic mass is 9.77. The number of hydrogen-bond acceptors (Lipinski definition) is 3. The van der Waals surface area contributed by atoms with Crippen LogP contribution in [0.3, 0.4) is 0 Å². The number of carbonyl (C=O) groups excluding carboxylic acids is 2. The first-order valence-corrected chi connectivity index (χ1v) is 11.7. The predicted molar refractivity (Wildman–Crippen MR) is 137 cm³/mol. The van der Waals surface area contributed by atoms with Crippen LogP contribution >= 0.6 is 11.6 Å². The van der Waals surface area contributed by atoms with Crippen LogP contribution in [0.2, 0.25) is 5.02 Å². The van der Waals surface area contributed by atoms with E-state index in [1.807, 2.05) is 38.1 Å². The molecule has 7 heteroatoms. The van der Waals surface area contributed by atoms with Crippen molar-refractivity contribution in [3.05, 3.63) is 64.8 Å². The quantitative estimate of drug-likeness (QED) is 0.452. The van der Waals surface area contributed by atoms with Crippen molar-refractivity contribution < 1.29 is 14.7 Å². The highest BCUT2D eigenvalue weighted by Gasteiger charge is 2.33. The lowest BCUT2D eigenvalue weighted by Crippen LogP contribution is -2.34. The number of H-pyrrole nitrogens is 1. The molecular weight excluding hydrogens is 450 g/mol. The lowest BCUT2D eigenvalue weighted by molar-refractivity contribution is -0.117. The molecule has 2 amide bonds. The number of benzene rings is 2. The molecule has 1 atom stereocenters. The summed E-state index contributed by atoms with van der Waals surface area (Å²) >= 11 is 6.85. The maximum absolute atomic E-state index is 12.2. The van der Waals surface area contributed by atoms with Crippen molar-refractivity contribution in [2.45, 2.75) is 45.1 Å². The van der Waals surface area contributed by atoms with E-state index < -0.39 is 11.5 Å². The van der Waals surface area contributed by atoms with Gasteiger partial charge in [0.05, 0.1) is 17.5 Å². The second-order valence-electron chi connectivity index (χ2n) is 9.61. The molecule has 2 aromatic carbocycles. The third kappa shape index (κ3) is 4.36. The number of anilines is 1. The van der Waals surface area contributed by atoms with Crippen LogP contribution in [0.15, 0.2) is 43.0 Å². The van der Waals surface area contributed by atoms with Gasteiger partial charge in [0.1, 0.15) is 0 Å². The minimum atomic E-state index is -0.790. The third-order valence-corrected chi connectivity index (χ3v) is 7.19. The van der Waals surface area contributed by atoms with Crippen LogP contribution in [0.4, 0.5) is 5.69 Å². The lowest BCUT2D eigenvalue weighted by Gasteiger charge is -2.32. The number of carbonyl (C=O) groups is 2. The van der Waals surface area contributed by atoms with Gasteiger partial charge < -0.3 is 20.7 Å². The minimum Gasteiger partial charge on any atom is -0.390 e. The number of aromatic nitrogens is 1. The van der Waals surface area contributed by atoms with Gasteiger partial charge in [-0.25, -0.2) is 0 Å². The number of primary amides is 1. The molecule has 178 valence electrons. The van der Waals surface area contributed by atoms with Gasteiger partial charge in [0.15, 0.2) is 0 Å². The Kier molecular flexibility index (Phi) is 6.32. The number of likely N-dealkylation sites (N-methyl/N-ethyl adjacent to an activating group) is 1. The molecule has 34 heavy (non-hydrogen) atoms. The molecule has 0 aliphatic heterocycles. The summed E-state index contributed by atoms with van der Waals surface area (Å²) in [6.45, 7) is 7.26. The van der Waals surface area contributed by atoms with Crippen LogP contribution in [0.1, 0.15) is 37.1 Å². The average molecular weight is 480 g/mol. The first-order chi connectivity index (χ1) is 16.0. The molecule has 6 nitrogen and oxygen atoms in total. The average Bonchev–Trinajstić information content (AvgIpc) is 3.16. The van der Waals surface area contributed by atoms with Gasteiger partial charge in [-0.15, -0.1) is 0 Å². The smallest absolute Gasteiger partial charge is 0.250 e. The van der Waals surface area contributed by atoms with Crippen molar-refractivity contribution >= 4 is 40.0 Å². The van der Waals surface area contributed by atoms with Gasteiger partial charge >= 0.3 is 0 Å². The first kappa shape index (κ1) is 24.0. The molecule has 0 radical (unpaired) electrons. The van der Waals surface area contributed by atoms with E-state index in [4.69, 9.17) is 17.3 Å². The number of nitrogens with zero attached hydrogens (tertiary/aromatic N) is 1. The molecule has 0 unspecified atom stereocenters. The largest absolute Gasteiger partial charge is 0.390 e. The molecular formula is C27H30ClN3O3. The maximum Gasteiger partial charge on any atom is 0.250 e. The van der Waals surface area contributed by atoms with E-state index in [2.05, 4.69) is 11.6 Å². The van der Waals surface area contributed by atoms with E-state index in [1.165, 1.54) is 11.0 Å². The van der Waals surface area contributed by atoms with Gasteiger partial charge in [0.25, 0.3) is 0 Å². The van der Waals surface area contributed by atoms with Crippen LogP contribution < -0.4 is 10.6 Å². The van der Waals surface area contributed by atoms with Crippen molar-refractivity contribution in [3.63, 3.8) is 0 Å². The standard InChI is InChI=1S/C27H30ClN3O3/c1-5-23(33)31(4)18-8-6-7-15(11-18)24-20(28)12-16(13-22(29)32)26-25(24)19-10-9-17(27(2,3)34)14-21(19)30-26/h5-8,11-12,17,30,34H,1,9-10,13-14H2,2-4H3,(H2,29,32)/t17-/m1/s1. The van der Waals surface area contributed by atoms with E-state index in [0.717, 1.165) is 57.4 Å². The minimum absolute atomic E-state index is 0.0709. The molecule has 4 N–H and O–H groups in total. The molecule has 1 aromatic heterocycles. The molecule has 0 saturated carbocycles. The number of halogens is 1. The van der Waals surface area contributed by atoms with Crippen molar-refractivity contribution in [1.29, 1.82) is 0 Å². The number of rotatable bonds is 6. The highest BCUT2D eigenvalue weighted by atomic mass is 35.5. The number of amides is 2. The molecule has 3 aromatic rings. The monoisotopic (exact) mass is 479 g/mol. The number of fused-ring (bicyclic) bond motifs is 3. The summed E-state index contributed by atoms with van der Waals surface area (Å²) in [5.41, 5.74) is 11.0. The Balaban J connectivity index is 1.94. The Morgan fingerprint density at radius 2 is 2.09 bits per heavy atom. The van der Waals surface area contributed by atoms with E-state index in [1.54, 1.807) is 13.1 Å². The summed E-state index contributed by atoms with van der Waals surface area (Å²) in [6.07, 6.45) is 3.68. The van der Waals surface area contributed by atoms with Crippen molar-refractivity contribution in [2.75, 3.05) is 11.9 Å². The SMILES string of the molecule is C=CC(=O)N(C)c1cccc(-c2c(Cl)cc(CC(N)=O)c3[nH]c4c(c23)CC[C@@H](C(C)(C)O)C4)c1. The van der Waals surface area contributed by atoms with Gasteiger partial charge in [-0.05, 0) is 80.0 Å². The van der Waals surface area contributed by atoms with Crippen LogP contribution in [0.25, 0.3) is 22.0 Å². The highest BCUT2D eigenvalue weighted by Crippen LogP contribution is 2.44. The van der Waals surface area contributed by atoms with Crippen molar-refractivity contribution in [1.82, 2.24) is 4.98 Å². The van der Waals surface area contributed by atoms with E-state index >= 15 is 0 Å². The van der Waals surface area contributed by atoms with Gasteiger partial charge in [-0.2, -0.15) is 0 Å². The molecule has 1 heterocycles. The Labute approximate surface area is 204 Å². The van der Waals surface area contributed by atoms with Gasteiger partial charge in [0.2, 0.25) is 11.8 Å². The van der Waals surface area contributed by atoms with Crippen molar-refractivity contribution in [3.8, 4) is 11.1 Å². The summed E-state index contributed by atoms with van der Waals surface area (Å²) < 4.78 is 0.